The topological polar surface area (TPSA) is 131 Å². The van der Waals surface area contributed by atoms with Crippen LogP contribution in [0.4, 0.5) is 4.39 Å². The van der Waals surface area contributed by atoms with Crippen molar-refractivity contribution in [2.24, 2.45) is 17.8 Å². The number of rotatable bonds is 10. The molecule has 2 heterocycles. The molecular weight excluding hydrogens is 491 g/mol. The molecule has 1 aromatic heterocycles. The molecule has 2 aromatic rings. The van der Waals surface area contributed by atoms with Gasteiger partial charge in [0, 0.05) is 18.7 Å². The fourth-order valence-electron chi connectivity index (χ4n) is 5.70. The van der Waals surface area contributed by atoms with Crippen molar-refractivity contribution in [3.63, 3.8) is 0 Å². The van der Waals surface area contributed by atoms with Crippen LogP contribution >= 0.6 is 0 Å². The lowest BCUT2D eigenvalue weighted by atomic mass is 9.68. The van der Waals surface area contributed by atoms with E-state index in [0.29, 0.717) is 47.4 Å². The Bertz CT molecular complexity index is 1240. The molecule has 1 aliphatic carbocycles. The number of allylic oxidation sites excluding steroid dienone is 1. The van der Waals surface area contributed by atoms with Crippen molar-refractivity contribution in [1.82, 2.24) is 9.88 Å². The predicted octanol–water partition coefficient (Wildman–Crippen LogP) is 2.92. The summed E-state index contributed by atoms with van der Waals surface area (Å²) in [6, 6.07) is 9.40. The van der Waals surface area contributed by atoms with Gasteiger partial charge in [0.25, 0.3) is 0 Å². The Balaban J connectivity index is 1.62. The number of hydrogen-bond donors (Lipinski definition) is 4. The molecule has 1 fully saturated rings. The van der Waals surface area contributed by atoms with Gasteiger partial charge >= 0.3 is 0 Å². The lowest BCUT2D eigenvalue weighted by Gasteiger charge is -2.36. The zero-order valence-corrected chi connectivity index (χ0v) is 21.3. The predicted molar refractivity (Wildman–Crippen MR) is 139 cm³/mol. The number of phenols is 1. The summed E-state index contributed by atoms with van der Waals surface area (Å²) in [5, 5.41) is 41.3. The van der Waals surface area contributed by atoms with E-state index in [4.69, 9.17) is 0 Å². The number of aromatic nitrogens is 1. The van der Waals surface area contributed by atoms with Gasteiger partial charge in [0.1, 0.15) is 0 Å². The Morgan fingerprint density at radius 3 is 2.63 bits per heavy atom. The molecule has 1 aliphatic heterocycles. The van der Waals surface area contributed by atoms with Gasteiger partial charge in [-0.2, -0.15) is 0 Å². The number of carbonyl (C=O) groups excluding carboxylic acids is 2. The van der Waals surface area contributed by atoms with Crippen molar-refractivity contribution in [3.8, 4) is 5.75 Å². The van der Waals surface area contributed by atoms with Crippen LogP contribution in [0.3, 0.4) is 0 Å². The van der Waals surface area contributed by atoms with Gasteiger partial charge in [-0.1, -0.05) is 19.1 Å². The summed E-state index contributed by atoms with van der Waals surface area (Å²) in [5.41, 5.74) is 2.72. The first kappa shape index (κ1) is 27.6. The van der Waals surface area contributed by atoms with Gasteiger partial charge in [-0.15, -0.1) is 0 Å². The van der Waals surface area contributed by atoms with E-state index < -0.39 is 48.6 Å². The number of likely N-dealkylation sites (tertiary alicyclic amines) is 1. The van der Waals surface area contributed by atoms with Gasteiger partial charge in [-0.25, -0.2) is 4.39 Å². The Morgan fingerprint density at radius 1 is 1.21 bits per heavy atom. The van der Waals surface area contributed by atoms with E-state index in [0.717, 1.165) is 0 Å². The van der Waals surface area contributed by atoms with Crippen LogP contribution in [-0.4, -0.2) is 68.0 Å². The number of halogens is 1. The van der Waals surface area contributed by atoms with Crippen LogP contribution in [0.1, 0.15) is 43.9 Å². The molecule has 202 valence electrons. The number of aliphatic hydroxyl groups excluding tert-OH is 3. The van der Waals surface area contributed by atoms with Crippen molar-refractivity contribution < 1.29 is 34.4 Å². The lowest BCUT2D eigenvalue weighted by Crippen LogP contribution is -2.39. The number of pyridine rings is 1. The van der Waals surface area contributed by atoms with Gasteiger partial charge in [-0.05, 0) is 78.3 Å². The second kappa shape index (κ2) is 12.0. The first-order valence-corrected chi connectivity index (χ1v) is 12.9. The zero-order chi connectivity index (χ0) is 27.4. The monoisotopic (exact) mass is 524 g/mol. The molecule has 1 saturated heterocycles. The highest BCUT2D eigenvalue weighted by Crippen LogP contribution is 2.46. The standard InChI is InChI=1S/C29H33FN2O6/c1-2-11-32-28(37)20-14-19(15-33)26(21(16-34)27(20)29(32)38)25(36)9-7-18(23-5-3-4-10-31-23)12-17-6-8-24(35)22(30)13-17/h3-6,8,10,12-13,20-21,25,27,33-36H,2,7,9,11,14-16H2,1H3/b18-12-/t20-,21+,25-,27-/m1/s1. The zero-order valence-electron chi connectivity index (χ0n) is 21.3. The summed E-state index contributed by atoms with van der Waals surface area (Å²) in [6.45, 7) is 1.34. The molecule has 9 heteroatoms. The molecule has 2 aliphatic rings. The number of aromatic hydroxyl groups is 1. The van der Waals surface area contributed by atoms with E-state index >= 15 is 0 Å². The van der Waals surface area contributed by atoms with E-state index in [-0.39, 0.29) is 24.7 Å². The Morgan fingerprint density at radius 2 is 2.00 bits per heavy atom. The third-order valence-electron chi connectivity index (χ3n) is 7.46. The van der Waals surface area contributed by atoms with E-state index in [1.54, 1.807) is 30.5 Å². The molecular formula is C29H33FN2O6. The molecule has 38 heavy (non-hydrogen) atoms. The van der Waals surface area contributed by atoms with E-state index in [1.807, 2.05) is 13.0 Å². The molecule has 0 bridgehead atoms. The van der Waals surface area contributed by atoms with Gasteiger partial charge in [0.15, 0.2) is 11.6 Å². The van der Waals surface area contributed by atoms with Crippen molar-refractivity contribution >= 4 is 23.5 Å². The molecule has 4 atom stereocenters. The van der Waals surface area contributed by atoms with E-state index in [1.165, 1.54) is 17.0 Å². The molecule has 4 N–H and O–H groups in total. The molecule has 4 rings (SSSR count). The summed E-state index contributed by atoms with van der Waals surface area (Å²) in [4.78, 5) is 31.7. The number of phenolic OH excluding ortho intramolecular Hbond substituents is 1. The third kappa shape index (κ3) is 5.41. The van der Waals surface area contributed by atoms with Crippen LogP contribution < -0.4 is 0 Å². The molecule has 2 amide bonds. The number of amides is 2. The van der Waals surface area contributed by atoms with Gasteiger partial charge in [0.2, 0.25) is 11.8 Å². The maximum Gasteiger partial charge on any atom is 0.233 e. The minimum atomic E-state index is -1.10. The summed E-state index contributed by atoms with van der Waals surface area (Å²) in [5.74, 6) is -4.05. The van der Waals surface area contributed by atoms with Gasteiger partial charge in [0.05, 0.1) is 36.8 Å². The summed E-state index contributed by atoms with van der Waals surface area (Å²) in [6.07, 6.45) is 3.51. The average molecular weight is 525 g/mol. The maximum absolute atomic E-state index is 14.0. The van der Waals surface area contributed by atoms with Crippen LogP contribution in [0.15, 0.2) is 53.7 Å². The second-order valence-corrected chi connectivity index (χ2v) is 9.82. The van der Waals surface area contributed by atoms with Crippen LogP contribution in [0.5, 0.6) is 5.75 Å². The number of benzene rings is 1. The summed E-state index contributed by atoms with van der Waals surface area (Å²) < 4.78 is 14.0. The first-order chi connectivity index (χ1) is 18.3. The Hall–Kier alpha value is -3.40. The number of aliphatic hydroxyl groups is 3. The van der Waals surface area contributed by atoms with Gasteiger partial charge in [-0.3, -0.25) is 19.5 Å². The highest BCUT2D eigenvalue weighted by molar-refractivity contribution is 6.05. The van der Waals surface area contributed by atoms with Crippen LogP contribution in [0, 0.1) is 23.6 Å². The Labute approximate surface area is 220 Å². The quantitative estimate of drug-likeness (QED) is 0.278. The van der Waals surface area contributed by atoms with Crippen molar-refractivity contribution in [2.75, 3.05) is 19.8 Å². The smallest absolute Gasteiger partial charge is 0.233 e. The number of hydrogen-bond acceptors (Lipinski definition) is 7. The van der Waals surface area contributed by atoms with Crippen molar-refractivity contribution in [3.05, 3.63) is 70.8 Å². The van der Waals surface area contributed by atoms with E-state index in [9.17, 15) is 34.4 Å². The molecule has 8 nitrogen and oxygen atoms in total. The fourth-order valence-corrected chi connectivity index (χ4v) is 5.70. The van der Waals surface area contributed by atoms with Gasteiger partial charge < -0.3 is 20.4 Å². The number of carbonyl (C=O) groups is 2. The molecule has 0 radical (unpaired) electrons. The molecule has 1 aromatic carbocycles. The number of nitrogens with zero attached hydrogens (tertiary/aromatic N) is 2. The van der Waals surface area contributed by atoms with Crippen LogP contribution in [-0.2, 0) is 9.59 Å². The average Bonchev–Trinajstić information content (AvgIpc) is 3.16. The Kier molecular flexibility index (Phi) is 8.71. The minimum Gasteiger partial charge on any atom is -0.505 e. The summed E-state index contributed by atoms with van der Waals surface area (Å²) >= 11 is 0. The van der Waals surface area contributed by atoms with Crippen molar-refractivity contribution in [1.29, 1.82) is 0 Å². The second-order valence-electron chi connectivity index (χ2n) is 9.82. The normalized spacial score (nSPS) is 22.7. The van der Waals surface area contributed by atoms with E-state index in [2.05, 4.69) is 4.98 Å². The molecule has 0 unspecified atom stereocenters. The minimum absolute atomic E-state index is 0.157. The van der Waals surface area contributed by atoms with Crippen LogP contribution in [0.2, 0.25) is 0 Å². The number of fused-ring (bicyclic) bond motifs is 1. The number of imide groups is 1. The molecule has 0 spiro atoms. The fraction of sp³-hybridized carbons (Fsp3) is 0.414. The van der Waals surface area contributed by atoms with Crippen LogP contribution in [0.25, 0.3) is 11.6 Å². The maximum atomic E-state index is 14.0. The lowest BCUT2D eigenvalue weighted by molar-refractivity contribution is -0.140. The highest BCUT2D eigenvalue weighted by Gasteiger charge is 2.54. The SMILES string of the molecule is CCCN1C(=O)[C@@H]2[C@@H](CC(CO)=C([C@H](O)CC/C(=C/c3ccc(O)c(F)c3)c3ccccn3)[C@@H]2CO)C1=O. The largest absolute Gasteiger partial charge is 0.505 e. The van der Waals surface area contributed by atoms with Crippen molar-refractivity contribution in [2.45, 2.75) is 38.7 Å². The molecule has 0 saturated carbocycles. The first-order valence-electron chi connectivity index (χ1n) is 12.9. The third-order valence-corrected chi connectivity index (χ3v) is 7.46. The summed E-state index contributed by atoms with van der Waals surface area (Å²) in [7, 11) is 0. The highest BCUT2D eigenvalue weighted by atomic mass is 19.1.